The topological polar surface area (TPSA) is 72.0 Å². The maximum Gasteiger partial charge on any atom is 0.259 e. The van der Waals surface area contributed by atoms with E-state index in [1.54, 1.807) is 44.6 Å². The van der Waals surface area contributed by atoms with Gasteiger partial charge in [0.2, 0.25) is 0 Å². The van der Waals surface area contributed by atoms with Gasteiger partial charge >= 0.3 is 0 Å². The first kappa shape index (κ1) is 17.6. The molecule has 1 amide bonds. The predicted octanol–water partition coefficient (Wildman–Crippen LogP) is 2.92. The van der Waals surface area contributed by atoms with Crippen molar-refractivity contribution in [2.75, 3.05) is 26.1 Å². The molecule has 2 N–H and O–H groups in total. The number of hydrazone groups is 1. The number of ether oxygens (including phenoxy) is 2. The van der Waals surface area contributed by atoms with Crippen molar-refractivity contribution < 1.29 is 14.3 Å². The van der Waals surface area contributed by atoms with Crippen LogP contribution in [0.15, 0.2) is 47.6 Å². The Kier molecular flexibility index (Phi) is 6.45. The van der Waals surface area contributed by atoms with Crippen molar-refractivity contribution in [3.63, 3.8) is 0 Å². The number of nitrogens with one attached hydrogen (secondary N) is 2. The zero-order chi connectivity index (χ0) is 17.4. The van der Waals surface area contributed by atoms with Crippen molar-refractivity contribution in [2.24, 2.45) is 5.10 Å². The fourth-order valence-electron chi connectivity index (χ4n) is 1.93. The summed E-state index contributed by atoms with van der Waals surface area (Å²) in [4.78, 5) is 11.8. The van der Waals surface area contributed by atoms with Gasteiger partial charge in [0, 0.05) is 0 Å². The minimum atomic E-state index is -0.286. The predicted molar refractivity (Wildman–Crippen MR) is 95.2 cm³/mol. The van der Waals surface area contributed by atoms with Crippen LogP contribution in [0.25, 0.3) is 0 Å². The number of halogens is 1. The second kappa shape index (κ2) is 8.79. The standard InChI is InChI=1S/C17H18ClN3O3/c1-23-15-8-7-12(9-16(15)24-2)10-20-21-17(22)11-19-14-6-4-3-5-13(14)18/h3-10,19H,11H2,1-2H3,(H,21,22)/b20-10+. The number of para-hydroxylation sites is 1. The van der Waals surface area contributed by atoms with Crippen LogP contribution in [0.4, 0.5) is 5.69 Å². The lowest BCUT2D eigenvalue weighted by atomic mass is 10.2. The van der Waals surface area contributed by atoms with Crippen LogP contribution in [0.2, 0.25) is 5.02 Å². The van der Waals surface area contributed by atoms with E-state index in [1.807, 2.05) is 12.1 Å². The summed E-state index contributed by atoms with van der Waals surface area (Å²) in [5.74, 6) is 0.933. The average Bonchev–Trinajstić information content (AvgIpc) is 2.61. The Morgan fingerprint density at radius 2 is 1.92 bits per heavy atom. The third kappa shape index (κ3) is 4.89. The summed E-state index contributed by atoms with van der Waals surface area (Å²) in [6.45, 7) is 0.0625. The number of nitrogens with zero attached hydrogens (tertiary/aromatic N) is 1. The maximum atomic E-state index is 11.8. The highest BCUT2D eigenvalue weighted by molar-refractivity contribution is 6.33. The first-order chi connectivity index (χ1) is 11.6. The van der Waals surface area contributed by atoms with Gasteiger partial charge in [-0.05, 0) is 35.9 Å². The molecule has 2 aromatic carbocycles. The smallest absolute Gasteiger partial charge is 0.259 e. The van der Waals surface area contributed by atoms with Crippen molar-refractivity contribution >= 4 is 29.4 Å². The summed E-state index contributed by atoms with van der Waals surface area (Å²) >= 11 is 6.00. The number of anilines is 1. The zero-order valence-electron chi connectivity index (χ0n) is 13.4. The van der Waals surface area contributed by atoms with Gasteiger partial charge in [-0.15, -0.1) is 0 Å². The molecule has 126 valence electrons. The summed E-state index contributed by atoms with van der Waals surface area (Å²) in [6.07, 6.45) is 1.52. The molecule has 0 aliphatic rings. The number of benzene rings is 2. The fraction of sp³-hybridized carbons (Fsp3) is 0.176. The Morgan fingerprint density at radius 1 is 1.17 bits per heavy atom. The Balaban J connectivity index is 1.87. The maximum absolute atomic E-state index is 11.8. The molecule has 7 heteroatoms. The van der Waals surface area contributed by atoms with Gasteiger partial charge in [0.1, 0.15) is 0 Å². The molecule has 24 heavy (non-hydrogen) atoms. The van der Waals surface area contributed by atoms with Gasteiger partial charge in [-0.1, -0.05) is 23.7 Å². The van der Waals surface area contributed by atoms with Gasteiger partial charge in [-0.3, -0.25) is 4.79 Å². The largest absolute Gasteiger partial charge is 0.493 e. The van der Waals surface area contributed by atoms with Crippen molar-refractivity contribution in [1.82, 2.24) is 5.43 Å². The minimum Gasteiger partial charge on any atom is -0.493 e. The molecule has 0 bridgehead atoms. The lowest BCUT2D eigenvalue weighted by Gasteiger charge is -2.08. The van der Waals surface area contributed by atoms with Crippen LogP contribution >= 0.6 is 11.6 Å². The average molecular weight is 348 g/mol. The van der Waals surface area contributed by atoms with Gasteiger partial charge in [0.25, 0.3) is 5.91 Å². The zero-order valence-corrected chi connectivity index (χ0v) is 14.1. The molecule has 6 nitrogen and oxygen atoms in total. The number of carbonyl (C=O) groups excluding carboxylic acids is 1. The number of carbonyl (C=O) groups is 1. The Hall–Kier alpha value is -2.73. The molecule has 0 fully saturated rings. The fourth-order valence-corrected chi connectivity index (χ4v) is 2.13. The molecule has 0 aliphatic heterocycles. The first-order valence-electron chi connectivity index (χ1n) is 7.16. The van der Waals surface area contributed by atoms with Crippen LogP contribution < -0.4 is 20.2 Å². The van der Waals surface area contributed by atoms with E-state index in [0.717, 1.165) is 5.56 Å². The second-order valence-electron chi connectivity index (χ2n) is 4.74. The van der Waals surface area contributed by atoms with Crippen molar-refractivity contribution in [3.05, 3.63) is 53.1 Å². The van der Waals surface area contributed by atoms with Crippen LogP contribution in [0.1, 0.15) is 5.56 Å². The molecule has 2 rings (SSSR count). The molecule has 0 radical (unpaired) electrons. The van der Waals surface area contributed by atoms with Crippen molar-refractivity contribution in [3.8, 4) is 11.5 Å². The van der Waals surface area contributed by atoms with Crippen molar-refractivity contribution in [2.45, 2.75) is 0 Å². The van der Waals surface area contributed by atoms with E-state index in [1.165, 1.54) is 6.21 Å². The van der Waals surface area contributed by atoms with Gasteiger partial charge in [-0.2, -0.15) is 5.10 Å². The molecular weight excluding hydrogens is 330 g/mol. The van der Waals surface area contributed by atoms with E-state index < -0.39 is 0 Å². The van der Waals surface area contributed by atoms with Crippen LogP contribution in [0.5, 0.6) is 11.5 Å². The molecule has 0 aliphatic carbocycles. The summed E-state index contributed by atoms with van der Waals surface area (Å²) in [6, 6.07) is 12.5. The normalized spacial score (nSPS) is 10.5. The summed E-state index contributed by atoms with van der Waals surface area (Å²) < 4.78 is 10.4. The third-order valence-electron chi connectivity index (χ3n) is 3.12. The molecule has 0 atom stereocenters. The van der Waals surface area contributed by atoms with E-state index in [-0.39, 0.29) is 12.5 Å². The summed E-state index contributed by atoms with van der Waals surface area (Å²) in [5, 5.41) is 7.41. The van der Waals surface area contributed by atoms with Crippen LogP contribution in [0, 0.1) is 0 Å². The van der Waals surface area contributed by atoms with E-state index >= 15 is 0 Å². The van der Waals surface area contributed by atoms with Crippen LogP contribution in [-0.4, -0.2) is 32.9 Å². The first-order valence-corrected chi connectivity index (χ1v) is 7.54. The van der Waals surface area contributed by atoms with Crippen molar-refractivity contribution in [1.29, 1.82) is 0 Å². The Bertz CT molecular complexity index is 735. The van der Waals surface area contributed by atoms with Gasteiger partial charge in [-0.25, -0.2) is 5.43 Å². The van der Waals surface area contributed by atoms with Gasteiger partial charge < -0.3 is 14.8 Å². The van der Waals surface area contributed by atoms with E-state index in [2.05, 4.69) is 15.8 Å². The SMILES string of the molecule is COc1ccc(/C=N/NC(=O)CNc2ccccc2Cl)cc1OC. The van der Waals surface area contributed by atoms with Gasteiger partial charge in [0.05, 0.1) is 37.7 Å². The Labute approximate surface area is 145 Å². The number of hydrogen-bond acceptors (Lipinski definition) is 5. The number of rotatable bonds is 7. The molecule has 0 spiro atoms. The number of amides is 1. The number of hydrogen-bond donors (Lipinski definition) is 2. The highest BCUT2D eigenvalue weighted by Gasteiger charge is 2.04. The third-order valence-corrected chi connectivity index (χ3v) is 3.45. The summed E-state index contributed by atoms with van der Waals surface area (Å²) in [7, 11) is 3.12. The second-order valence-corrected chi connectivity index (χ2v) is 5.15. The molecule has 0 unspecified atom stereocenters. The molecule has 0 heterocycles. The van der Waals surface area contributed by atoms with Crippen LogP contribution in [0.3, 0.4) is 0 Å². The van der Waals surface area contributed by atoms with Gasteiger partial charge in [0.15, 0.2) is 11.5 Å². The monoisotopic (exact) mass is 347 g/mol. The lowest BCUT2D eigenvalue weighted by molar-refractivity contribution is -0.119. The lowest BCUT2D eigenvalue weighted by Crippen LogP contribution is -2.25. The molecular formula is C17H18ClN3O3. The van der Waals surface area contributed by atoms with E-state index in [9.17, 15) is 4.79 Å². The Morgan fingerprint density at radius 3 is 2.62 bits per heavy atom. The summed E-state index contributed by atoms with van der Waals surface area (Å²) in [5.41, 5.74) is 3.90. The molecule has 2 aromatic rings. The number of methoxy groups -OCH3 is 2. The van der Waals surface area contributed by atoms with E-state index in [0.29, 0.717) is 22.2 Å². The molecule has 0 saturated heterocycles. The quantitative estimate of drug-likeness (QED) is 0.596. The molecule has 0 aromatic heterocycles. The molecule has 0 saturated carbocycles. The van der Waals surface area contributed by atoms with Crippen LogP contribution in [-0.2, 0) is 4.79 Å². The highest BCUT2D eigenvalue weighted by atomic mass is 35.5. The minimum absolute atomic E-state index is 0.0625. The van der Waals surface area contributed by atoms with E-state index in [4.69, 9.17) is 21.1 Å². The highest BCUT2D eigenvalue weighted by Crippen LogP contribution is 2.26.